The van der Waals surface area contributed by atoms with Crippen molar-refractivity contribution in [1.82, 2.24) is 73.7 Å². The number of para-hydroxylation sites is 1. The van der Waals surface area contributed by atoms with Crippen molar-refractivity contribution in [2.75, 3.05) is 33.8 Å². The summed E-state index contributed by atoms with van der Waals surface area (Å²) in [6.45, 7) is 6.67. The molecule has 2 heterocycles. The van der Waals surface area contributed by atoms with E-state index in [0.717, 1.165) is 53.7 Å². The Morgan fingerprint density at radius 1 is 0.615 bits per heavy atom. The van der Waals surface area contributed by atoms with E-state index in [9.17, 15) is 121 Å². The van der Waals surface area contributed by atoms with Crippen molar-refractivity contribution < 1.29 is 131 Å². The number of esters is 1. The number of aromatic nitrogens is 1. The van der Waals surface area contributed by atoms with Crippen LogP contribution in [-0.4, -0.2) is 272 Å². The minimum Gasteiger partial charge on any atom is -0.481 e. The summed E-state index contributed by atoms with van der Waals surface area (Å²) in [5, 5.41) is 78.1. The summed E-state index contributed by atoms with van der Waals surface area (Å²) < 4.78 is 10.7. The highest BCUT2D eigenvalue weighted by Gasteiger charge is 2.44. The molecule has 44 heteroatoms. The summed E-state index contributed by atoms with van der Waals surface area (Å²) in [5.41, 5.74) is 17.8. The number of nitrogens with zero attached hydrogens (tertiary/aromatic N) is 1. The summed E-state index contributed by atoms with van der Waals surface area (Å²) in [6.07, 6.45) is -6.91. The van der Waals surface area contributed by atoms with Gasteiger partial charge in [0.1, 0.15) is 72.6 Å². The number of cyclic esters (lactones) is 1. The van der Waals surface area contributed by atoms with E-state index in [2.05, 4.69) is 72.0 Å². The molecule has 15 amide bonds. The van der Waals surface area contributed by atoms with Crippen LogP contribution in [-0.2, 0) is 112 Å². The fourth-order valence-electron chi connectivity index (χ4n) is 12.0. The molecule has 1 saturated heterocycles. The van der Waals surface area contributed by atoms with Gasteiger partial charge in [0, 0.05) is 56.9 Å². The number of aliphatic hydroxyl groups excluding tert-OH is 1. The molecule has 1 aromatic carbocycles. The van der Waals surface area contributed by atoms with E-state index in [0.29, 0.717) is 40.1 Å². The lowest BCUT2D eigenvalue weighted by molar-refractivity contribution is -0.159. The molecule has 44 nitrogen and oxygen atoms in total. The zero-order valence-electron chi connectivity index (χ0n) is 66.4. The maximum absolute atomic E-state index is 15.0. The van der Waals surface area contributed by atoms with Gasteiger partial charge in [-0.3, -0.25) is 86.3 Å². The lowest BCUT2D eigenvalue weighted by atomic mass is 9.98. The molecule has 2 aromatic rings. The van der Waals surface area contributed by atoms with Gasteiger partial charge < -0.3 is 126 Å². The third-order valence-electron chi connectivity index (χ3n) is 19.1. The molecule has 0 saturated carbocycles. The number of benzene rings is 1. The molecular weight excluding hydrogens is 1550 g/mol. The highest BCUT2D eigenvalue weighted by Crippen LogP contribution is 2.22. The molecular formula is C73H111N17O27. The van der Waals surface area contributed by atoms with E-state index in [1.807, 2.05) is 10.6 Å². The second-order valence-corrected chi connectivity index (χ2v) is 28.4. The van der Waals surface area contributed by atoms with Gasteiger partial charge in [0.2, 0.25) is 88.6 Å². The van der Waals surface area contributed by atoms with Crippen molar-refractivity contribution in [3.05, 3.63) is 36.0 Å². The number of carbonyl (C=O) groups excluding carboxylic acids is 16. The zero-order valence-corrected chi connectivity index (χ0v) is 66.4. The second-order valence-electron chi connectivity index (χ2n) is 28.4. The lowest BCUT2D eigenvalue weighted by Crippen LogP contribution is -2.64. The summed E-state index contributed by atoms with van der Waals surface area (Å²) in [6, 6.07) is -15.7. The fraction of sp³-hybridized carbons (Fsp3) is 0.616. The maximum Gasteiger partial charge on any atom is 0.335 e. The topological polar surface area (TPSA) is 702 Å². The highest BCUT2D eigenvalue weighted by molar-refractivity contribution is 6.02. The average Bonchev–Trinajstić information content (AvgIpc) is 1.75. The van der Waals surface area contributed by atoms with Crippen molar-refractivity contribution in [3.8, 4) is 0 Å². The van der Waals surface area contributed by atoms with Gasteiger partial charge in [-0.05, 0) is 82.4 Å². The number of aliphatic carboxylic acids is 4. The van der Waals surface area contributed by atoms with Crippen molar-refractivity contribution >= 4 is 129 Å². The van der Waals surface area contributed by atoms with E-state index in [1.165, 1.54) is 13.8 Å². The van der Waals surface area contributed by atoms with Crippen LogP contribution >= 0.6 is 0 Å². The van der Waals surface area contributed by atoms with E-state index >= 15 is 0 Å². The Hall–Kier alpha value is -12.0. The number of unbranched alkanes of at least 4 members (excludes halogenated alkanes) is 4. The van der Waals surface area contributed by atoms with Crippen LogP contribution in [0.25, 0.3) is 10.9 Å². The third-order valence-corrected chi connectivity index (χ3v) is 19.1. The van der Waals surface area contributed by atoms with Gasteiger partial charge in [0.05, 0.1) is 25.9 Å². The average molecular weight is 1660 g/mol. The van der Waals surface area contributed by atoms with Gasteiger partial charge in [-0.2, -0.15) is 0 Å². The van der Waals surface area contributed by atoms with Gasteiger partial charge in [0.15, 0.2) is 12.2 Å². The normalized spacial score (nSPS) is 22.0. The van der Waals surface area contributed by atoms with E-state index < -0.39 is 261 Å². The number of aromatic amines is 1. The number of amides is 15. The van der Waals surface area contributed by atoms with Crippen LogP contribution in [0, 0.1) is 11.8 Å². The maximum atomic E-state index is 15.0. The predicted molar refractivity (Wildman–Crippen MR) is 408 cm³/mol. The number of carbonyl (C=O) groups is 20. The predicted octanol–water partition coefficient (Wildman–Crippen LogP) is -5.83. The van der Waals surface area contributed by atoms with Crippen LogP contribution in [0.4, 0.5) is 0 Å². The number of likely N-dealkylation sites (N-methyl/N-ethyl adjacent to an activating group) is 1. The van der Waals surface area contributed by atoms with Crippen molar-refractivity contribution in [2.45, 2.75) is 242 Å². The summed E-state index contributed by atoms with van der Waals surface area (Å²) in [7, 11) is 1.70. The van der Waals surface area contributed by atoms with E-state index in [-0.39, 0.29) is 45.1 Å². The number of carboxylic acid groups (broad SMARTS) is 4. The zero-order chi connectivity index (χ0) is 88.1. The fourth-order valence-corrected chi connectivity index (χ4v) is 12.0. The van der Waals surface area contributed by atoms with Gasteiger partial charge >= 0.3 is 29.8 Å². The van der Waals surface area contributed by atoms with Gasteiger partial charge in [-0.15, -0.1) is 0 Å². The number of hydrogen-bond donors (Lipinski definition) is 21. The smallest absolute Gasteiger partial charge is 0.335 e. The van der Waals surface area contributed by atoms with Crippen LogP contribution in [0.5, 0.6) is 0 Å². The summed E-state index contributed by atoms with van der Waals surface area (Å²) in [5.74, 6) is -29.0. The number of primary amides is 2. The molecule has 1 aliphatic heterocycles. The monoisotopic (exact) mass is 1660 g/mol. The number of hydrogen-bond acceptors (Lipinski definition) is 24. The Kier molecular flexibility index (Phi) is 42.2. The Morgan fingerprint density at radius 2 is 1.21 bits per heavy atom. The Bertz CT molecular complexity index is 3880. The standard InChI is InChI=1S/C73H111N17O27/c1-9-35(3)19-13-11-12-14-23-49(92)80-45(29-39-32-77-41-21-16-15-20-40(39)41)66(107)83-44(25-27-53(97)98)65(106)88-57(59(101)61(76)102)70(111)87-56-38(6)117-73(115)55(36(4)10-2)86-64(105)43(24-26-52(95)96)84-67(108)46(30-48(75)91)81-50(93)33-78-69(110)58(60(116-8)72(113)114)89-63(104)42(22-17-18-28-74)82-68(109)47(31-54(99)100)85-62(103)37(5)79-51(94)34-90(7)71(56)112/h15-16,20-21,32,35-38,42-47,55-60,77,101H,9-14,17-19,22-31,33-34,74H2,1-8H3,(H2,75,91)(H2,76,102)(H,78,110)(H,79,94)(H,80,92)(H,81,93)(H,82,109)(H,83,107)(H,84,108)(H,85,103)(H,86,105)(H,87,111)(H,88,106)(H,89,104)(H,95,96)(H,97,98)(H,99,100)(H,113,114). The first-order valence-corrected chi connectivity index (χ1v) is 38.0. The third kappa shape index (κ3) is 33.8. The Balaban J connectivity index is 2.28. The second kappa shape index (κ2) is 49.7. The molecule has 16 atom stereocenters. The number of methoxy groups -OCH3 is 1. The molecule has 3 rings (SSSR count). The van der Waals surface area contributed by atoms with Crippen molar-refractivity contribution in [3.63, 3.8) is 0 Å². The molecule has 1 aliphatic rings. The van der Waals surface area contributed by atoms with Crippen LogP contribution in [0.3, 0.4) is 0 Å². The highest BCUT2D eigenvalue weighted by atomic mass is 16.5. The first-order chi connectivity index (χ1) is 55.1. The lowest BCUT2D eigenvalue weighted by Gasteiger charge is -2.32. The number of carboxylic acids is 4. The Labute approximate surface area is 672 Å². The number of ether oxygens (including phenoxy) is 2. The quantitative estimate of drug-likeness (QED) is 0.0220. The van der Waals surface area contributed by atoms with Crippen LogP contribution < -0.4 is 81.0 Å². The number of fused-ring (bicyclic) bond motifs is 1. The van der Waals surface area contributed by atoms with Crippen molar-refractivity contribution in [2.24, 2.45) is 29.0 Å². The SMILES string of the molecule is CCC(C)CCCCCCC(=O)NC(Cc1c[nH]c2ccccc12)C(=O)NC(CCC(=O)O)C(=O)NC(C(=O)NC1C(=O)N(C)CC(=O)NC(C)C(=O)NC(CC(=O)O)C(=O)NC(CCCCN)C(=O)NC(C(OC)C(=O)O)C(=O)NCC(=O)NC(CC(N)=O)C(=O)NC(CCC(=O)O)C(=O)NC(C(C)CC)C(=O)OC1C)C(O)C(N)=O. The first-order valence-electron chi connectivity index (χ1n) is 38.0. The first kappa shape index (κ1) is 99.2. The minimum absolute atomic E-state index is 0.00540. The molecule has 24 N–H and O–H groups in total. The number of nitrogens with one attached hydrogen (secondary N) is 13. The molecule has 0 bridgehead atoms. The minimum atomic E-state index is -2.80. The van der Waals surface area contributed by atoms with E-state index in [4.69, 9.17) is 26.7 Å². The summed E-state index contributed by atoms with van der Waals surface area (Å²) >= 11 is 0. The van der Waals surface area contributed by atoms with Crippen LogP contribution in [0.1, 0.15) is 156 Å². The molecule has 1 aromatic heterocycles. The van der Waals surface area contributed by atoms with Crippen LogP contribution in [0.15, 0.2) is 30.5 Å². The number of rotatable bonds is 38. The largest absolute Gasteiger partial charge is 0.481 e. The summed E-state index contributed by atoms with van der Waals surface area (Å²) in [4.78, 5) is 277. The Morgan fingerprint density at radius 3 is 1.79 bits per heavy atom. The molecule has 1 fully saturated rings. The van der Waals surface area contributed by atoms with Gasteiger partial charge in [-0.1, -0.05) is 84.4 Å². The number of nitrogens with two attached hydrogens (primary N) is 3. The number of H-pyrrole nitrogens is 1. The van der Waals surface area contributed by atoms with Crippen LogP contribution in [0.2, 0.25) is 0 Å². The molecule has 0 aliphatic carbocycles. The van der Waals surface area contributed by atoms with E-state index in [1.54, 1.807) is 30.5 Å². The molecule has 117 heavy (non-hydrogen) atoms. The molecule has 16 unspecified atom stereocenters. The van der Waals surface area contributed by atoms with Gasteiger partial charge in [0.25, 0.3) is 0 Å². The molecule has 0 radical (unpaired) electrons. The van der Waals surface area contributed by atoms with Crippen molar-refractivity contribution in [1.29, 1.82) is 0 Å². The molecule has 0 spiro atoms. The molecule has 650 valence electrons. The number of aliphatic hydroxyl groups is 1. The van der Waals surface area contributed by atoms with Gasteiger partial charge in [-0.25, -0.2) is 9.59 Å².